The molecule has 3 aromatic rings. The Hall–Kier alpha value is -2.82. The van der Waals surface area contributed by atoms with Crippen molar-refractivity contribution >= 4 is 28.1 Å². The van der Waals surface area contributed by atoms with Crippen molar-refractivity contribution in [1.82, 2.24) is 9.55 Å². The van der Waals surface area contributed by atoms with E-state index in [9.17, 15) is 4.79 Å². The SMILES string of the molecule is O=c1ccc2cnc(Nc3ccc(N4CCCC4)cc3)cc2n1C1CCCCC1. The van der Waals surface area contributed by atoms with Crippen LogP contribution in [0.15, 0.2) is 53.5 Å². The number of rotatable bonds is 4. The van der Waals surface area contributed by atoms with E-state index in [0.717, 1.165) is 48.3 Å². The molecule has 0 radical (unpaired) electrons. The molecule has 1 aromatic carbocycles. The fraction of sp³-hybridized carbons (Fsp3) is 0.417. The van der Waals surface area contributed by atoms with Gasteiger partial charge in [0.25, 0.3) is 5.56 Å². The molecule has 0 spiro atoms. The Morgan fingerprint density at radius 1 is 0.897 bits per heavy atom. The summed E-state index contributed by atoms with van der Waals surface area (Å²) >= 11 is 0. The van der Waals surface area contributed by atoms with Crippen molar-refractivity contribution in [2.45, 2.75) is 51.0 Å². The smallest absolute Gasteiger partial charge is 0.251 e. The van der Waals surface area contributed by atoms with Crippen LogP contribution in [0, 0.1) is 0 Å². The molecule has 5 rings (SSSR count). The minimum atomic E-state index is 0.0940. The van der Waals surface area contributed by atoms with Crippen LogP contribution in [-0.4, -0.2) is 22.6 Å². The molecule has 1 saturated carbocycles. The molecule has 3 heterocycles. The molecule has 0 amide bonds. The number of fused-ring (bicyclic) bond motifs is 1. The second-order valence-electron chi connectivity index (χ2n) is 8.33. The number of anilines is 3. The van der Waals surface area contributed by atoms with Crippen LogP contribution in [0.2, 0.25) is 0 Å². The standard InChI is InChI=1S/C24H28N4O/c29-24-13-8-18-17-25-23(16-22(18)28(24)21-6-2-1-3-7-21)26-19-9-11-20(12-10-19)27-14-4-5-15-27/h8-13,16-17,21H,1-7,14-15H2,(H,25,26). The zero-order valence-corrected chi connectivity index (χ0v) is 16.8. The van der Waals surface area contributed by atoms with Gasteiger partial charge in [-0.05, 0) is 56.0 Å². The predicted octanol–water partition coefficient (Wildman–Crippen LogP) is 5.25. The summed E-state index contributed by atoms with van der Waals surface area (Å²) in [5.41, 5.74) is 3.38. The number of benzene rings is 1. The van der Waals surface area contributed by atoms with Crippen LogP contribution in [0.25, 0.3) is 10.9 Å². The lowest BCUT2D eigenvalue weighted by atomic mass is 9.95. The Morgan fingerprint density at radius 3 is 2.41 bits per heavy atom. The van der Waals surface area contributed by atoms with Gasteiger partial charge in [0.1, 0.15) is 5.82 Å². The summed E-state index contributed by atoms with van der Waals surface area (Å²) in [6, 6.07) is 14.5. The number of aromatic nitrogens is 2. The molecule has 1 N–H and O–H groups in total. The van der Waals surface area contributed by atoms with Crippen molar-refractivity contribution in [3.05, 3.63) is 59.0 Å². The topological polar surface area (TPSA) is 50.2 Å². The highest BCUT2D eigenvalue weighted by Gasteiger charge is 2.18. The molecule has 2 aromatic heterocycles. The Kier molecular flexibility index (Phi) is 4.96. The van der Waals surface area contributed by atoms with E-state index in [1.54, 1.807) is 6.07 Å². The molecule has 1 aliphatic heterocycles. The summed E-state index contributed by atoms with van der Waals surface area (Å²) in [6.45, 7) is 2.30. The van der Waals surface area contributed by atoms with Crippen LogP contribution in [0.4, 0.5) is 17.2 Å². The molecule has 2 fully saturated rings. The van der Waals surface area contributed by atoms with E-state index in [1.807, 2.05) is 22.9 Å². The number of nitrogens with zero attached hydrogens (tertiary/aromatic N) is 3. The quantitative estimate of drug-likeness (QED) is 0.663. The number of hydrogen-bond acceptors (Lipinski definition) is 4. The fourth-order valence-corrected chi connectivity index (χ4v) is 4.82. The predicted molar refractivity (Wildman–Crippen MR) is 119 cm³/mol. The van der Waals surface area contributed by atoms with E-state index in [1.165, 1.54) is 37.8 Å². The summed E-state index contributed by atoms with van der Waals surface area (Å²) in [5.74, 6) is 0.779. The highest BCUT2D eigenvalue weighted by molar-refractivity contribution is 5.81. The maximum atomic E-state index is 12.7. The van der Waals surface area contributed by atoms with Crippen LogP contribution in [0.3, 0.4) is 0 Å². The Balaban J connectivity index is 1.44. The van der Waals surface area contributed by atoms with Gasteiger partial charge in [0, 0.05) is 54.2 Å². The first kappa shape index (κ1) is 18.2. The van der Waals surface area contributed by atoms with E-state index < -0.39 is 0 Å². The van der Waals surface area contributed by atoms with Crippen LogP contribution in [0.1, 0.15) is 51.0 Å². The summed E-state index contributed by atoms with van der Waals surface area (Å²) in [6.07, 6.45) is 10.3. The van der Waals surface area contributed by atoms with Crippen LogP contribution in [-0.2, 0) is 0 Å². The normalized spacial score (nSPS) is 17.7. The van der Waals surface area contributed by atoms with Gasteiger partial charge in [-0.1, -0.05) is 19.3 Å². The van der Waals surface area contributed by atoms with Gasteiger partial charge in [0.15, 0.2) is 0 Å². The third-order valence-corrected chi connectivity index (χ3v) is 6.37. The Morgan fingerprint density at radius 2 is 1.66 bits per heavy atom. The first-order valence-electron chi connectivity index (χ1n) is 10.9. The Bertz CT molecular complexity index is 1040. The van der Waals surface area contributed by atoms with Crippen LogP contribution >= 0.6 is 0 Å². The molecule has 0 bridgehead atoms. The number of hydrogen-bond donors (Lipinski definition) is 1. The molecule has 150 valence electrons. The third-order valence-electron chi connectivity index (χ3n) is 6.37. The van der Waals surface area contributed by atoms with E-state index >= 15 is 0 Å². The minimum absolute atomic E-state index is 0.0940. The van der Waals surface area contributed by atoms with E-state index in [-0.39, 0.29) is 5.56 Å². The molecule has 1 saturated heterocycles. The second-order valence-corrected chi connectivity index (χ2v) is 8.33. The van der Waals surface area contributed by atoms with Crippen molar-refractivity contribution in [3.63, 3.8) is 0 Å². The monoisotopic (exact) mass is 388 g/mol. The van der Waals surface area contributed by atoms with Crippen molar-refractivity contribution in [1.29, 1.82) is 0 Å². The van der Waals surface area contributed by atoms with Crippen LogP contribution in [0.5, 0.6) is 0 Å². The maximum Gasteiger partial charge on any atom is 0.251 e. The van der Waals surface area contributed by atoms with Gasteiger partial charge < -0.3 is 14.8 Å². The van der Waals surface area contributed by atoms with Crippen LogP contribution < -0.4 is 15.8 Å². The molecule has 1 aliphatic carbocycles. The molecule has 2 aliphatic rings. The lowest BCUT2D eigenvalue weighted by molar-refractivity contribution is 0.354. The third kappa shape index (κ3) is 3.74. The Labute approximate surface area is 171 Å². The lowest BCUT2D eigenvalue weighted by Gasteiger charge is -2.25. The average molecular weight is 389 g/mol. The maximum absolute atomic E-state index is 12.7. The first-order chi connectivity index (χ1) is 14.3. The van der Waals surface area contributed by atoms with Crippen molar-refractivity contribution in [2.75, 3.05) is 23.3 Å². The van der Waals surface area contributed by atoms with Gasteiger partial charge in [0.2, 0.25) is 0 Å². The molecule has 29 heavy (non-hydrogen) atoms. The lowest BCUT2D eigenvalue weighted by Crippen LogP contribution is -2.26. The molecule has 5 heteroatoms. The van der Waals surface area contributed by atoms with Gasteiger partial charge in [-0.2, -0.15) is 0 Å². The van der Waals surface area contributed by atoms with E-state index in [2.05, 4.69) is 39.5 Å². The summed E-state index contributed by atoms with van der Waals surface area (Å²) in [7, 11) is 0. The largest absolute Gasteiger partial charge is 0.372 e. The summed E-state index contributed by atoms with van der Waals surface area (Å²) in [4.78, 5) is 19.7. The highest BCUT2D eigenvalue weighted by atomic mass is 16.1. The number of nitrogens with one attached hydrogen (secondary N) is 1. The second kappa shape index (κ2) is 7.90. The minimum Gasteiger partial charge on any atom is -0.372 e. The van der Waals surface area contributed by atoms with Gasteiger partial charge in [-0.3, -0.25) is 4.79 Å². The number of pyridine rings is 2. The van der Waals surface area contributed by atoms with E-state index in [4.69, 9.17) is 0 Å². The van der Waals surface area contributed by atoms with Gasteiger partial charge >= 0.3 is 0 Å². The zero-order valence-electron chi connectivity index (χ0n) is 16.8. The molecule has 0 unspecified atom stereocenters. The average Bonchev–Trinajstić information content (AvgIpc) is 3.30. The summed E-state index contributed by atoms with van der Waals surface area (Å²) < 4.78 is 2.00. The first-order valence-corrected chi connectivity index (χ1v) is 10.9. The van der Waals surface area contributed by atoms with Crippen molar-refractivity contribution < 1.29 is 0 Å². The van der Waals surface area contributed by atoms with Gasteiger partial charge in [0.05, 0.1) is 5.52 Å². The summed E-state index contributed by atoms with van der Waals surface area (Å²) in [5, 5.41) is 4.44. The van der Waals surface area contributed by atoms with E-state index in [0.29, 0.717) is 6.04 Å². The molecule has 5 nitrogen and oxygen atoms in total. The van der Waals surface area contributed by atoms with Gasteiger partial charge in [-0.15, -0.1) is 0 Å². The molecular formula is C24H28N4O. The molecular weight excluding hydrogens is 360 g/mol. The highest BCUT2D eigenvalue weighted by Crippen LogP contribution is 2.30. The van der Waals surface area contributed by atoms with Crippen molar-refractivity contribution in [2.24, 2.45) is 0 Å². The fourth-order valence-electron chi connectivity index (χ4n) is 4.82. The molecule has 0 atom stereocenters. The zero-order chi connectivity index (χ0) is 19.6. The van der Waals surface area contributed by atoms with Gasteiger partial charge in [-0.25, -0.2) is 4.98 Å². The van der Waals surface area contributed by atoms with Crippen molar-refractivity contribution in [3.8, 4) is 0 Å².